The first-order chi connectivity index (χ1) is 9.63. The molecule has 2 aliphatic rings. The number of rotatable bonds is 4. The van der Waals surface area contributed by atoms with E-state index in [0.717, 1.165) is 38.5 Å². The summed E-state index contributed by atoms with van der Waals surface area (Å²) in [6.45, 7) is 0. The molecule has 108 valence electrons. The minimum absolute atomic E-state index is 0.0413. The maximum absolute atomic E-state index is 12.1. The molecule has 0 aliphatic heterocycles. The van der Waals surface area contributed by atoms with E-state index in [4.69, 9.17) is 0 Å². The van der Waals surface area contributed by atoms with Gasteiger partial charge in [0.1, 0.15) is 5.82 Å². The Hall–Kier alpha value is -1.85. The Bertz CT molecular complexity index is 527. The molecule has 2 saturated carbocycles. The van der Waals surface area contributed by atoms with Gasteiger partial charge in [-0.1, -0.05) is 12.8 Å². The zero-order valence-electron chi connectivity index (χ0n) is 11.7. The first-order valence-electron chi connectivity index (χ1n) is 7.29. The van der Waals surface area contributed by atoms with Crippen LogP contribution >= 0.6 is 0 Å². The van der Waals surface area contributed by atoms with Crippen LogP contribution in [0.5, 0.6) is 0 Å². The van der Waals surface area contributed by atoms with Gasteiger partial charge in [0.25, 0.3) is 5.91 Å². The molecule has 1 aromatic heterocycles. The number of hydrogen-bond acceptors (Lipinski definition) is 3. The molecule has 0 bridgehead atoms. The lowest BCUT2D eigenvalue weighted by Crippen LogP contribution is -2.25. The van der Waals surface area contributed by atoms with E-state index in [1.54, 1.807) is 17.8 Å². The van der Waals surface area contributed by atoms with Crippen LogP contribution < -0.4 is 10.6 Å². The quantitative estimate of drug-likeness (QED) is 0.873. The molecule has 0 spiro atoms. The smallest absolute Gasteiger partial charge is 0.272 e. The normalized spacial score (nSPS) is 19.1. The number of carbonyl (C=O) groups excluding carboxylic acids is 2. The van der Waals surface area contributed by atoms with E-state index in [1.807, 2.05) is 0 Å². The Morgan fingerprint density at radius 1 is 1.25 bits per heavy atom. The van der Waals surface area contributed by atoms with Crippen LogP contribution in [0.15, 0.2) is 6.07 Å². The molecule has 0 radical (unpaired) electrons. The molecule has 1 aromatic rings. The van der Waals surface area contributed by atoms with Crippen LogP contribution in [0.25, 0.3) is 0 Å². The highest BCUT2D eigenvalue weighted by molar-refractivity contribution is 5.96. The van der Waals surface area contributed by atoms with Gasteiger partial charge in [-0.05, 0) is 25.7 Å². The average molecular weight is 276 g/mol. The SMILES string of the molecule is Cn1nc(C(=O)NC2CC2)cc1NC(=O)C1CCCC1. The summed E-state index contributed by atoms with van der Waals surface area (Å²) < 4.78 is 1.55. The zero-order valence-corrected chi connectivity index (χ0v) is 11.7. The van der Waals surface area contributed by atoms with E-state index < -0.39 is 0 Å². The number of nitrogens with zero attached hydrogens (tertiary/aromatic N) is 2. The first-order valence-corrected chi connectivity index (χ1v) is 7.29. The van der Waals surface area contributed by atoms with E-state index in [-0.39, 0.29) is 17.7 Å². The van der Waals surface area contributed by atoms with E-state index in [1.165, 1.54) is 0 Å². The van der Waals surface area contributed by atoms with E-state index in [9.17, 15) is 9.59 Å². The Balaban J connectivity index is 1.65. The first kappa shape index (κ1) is 13.1. The molecule has 1 heterocycles. The molecular formula is C14H20N4O2. The van der Waals surface area contributed by atoms with Gasteiger partial charge in [0.15, 0.2) is 5.69 Å². The third-order valence-electron chi connectivity index (χ3n) is 4.00. The predicted molar refractivity (Wildman–Crippen MR) is 74.3 cm³/mol. The lowest BCUT2D eigenvalue weighted by atomic mass is 10.1. The summed E-state index contributed by atoms with van der Waals surface area (Å²) in [7, 11) is 1.73. The van der Waals surface area contributed by atoms with E-state index >= 15 is 0 Å². The number of carbonyl (C=O) groups is 2. The van der Waals surface area contributed by atoms with Crippen LogP contribution in [0.2, 0.25) is 0 Å². The fourth-order valence-electron chi connectivity index (χ4n) is 2.60. The number of amides is 2. The standard InChI is InChI=1S/C14H20N4O2/c1-18-12(16-13(19)9-4-2-3-5-9)8-11(17-18)14(20)15-10-6-7-10/h8-10H,2-7H2,1H3,(H,15,20)(H,16,19). The summed E-state index contributed by atoms with van der Waals surface area (Å²) in [4.78, 5) is 24.0. The van der Waals surface area contributed by atoms with Crippen molar-refractivity contribution >= 4 is 17.6 Å². The topological polar surface area (TPSA) is 76.0 Å². The maximum Gasteiger partial charge on any atom is 0.272 e. The van der Waals surface area contributed by atoms with Gasteiger partial charge >= 0.3 is 0 Å². The zero-order chi connectivity index (χ0) is 14.1. The van der Waals surface area contributed by atoms with E-state index in [0.29, 0.717) is 17.6 Å². The minimum atomic E-state index is -0.163. The Morgan fingerprint density at radius 2 is 1.95 bits per heavy atom. The second-order valence-electron chi connectivity index (χ2n) is 5.76. The van der Waals surface area contributed by atoms with Crippen molar-refractivity contribution in [3.05, 3.63) is 11.8 Å². The van der Waals surface area contributed by atoms with Crippen molar-refractivity contribution in [2.45, 2.75) is 44.6 Å². The van der Waals surface area contributed by atoms with Gasteiger partial charge in [0.2, 0.25) is 5.91 Å². The third-order valence-corrected chi connectivity index (χ3v) is 4.00. The van der Waals surface area contributed by atoms with Crippen molar-refractivity contribution < 1.29 is 9.59 Å². The maximum atomic E-state index is 12.1. The van der Waals surface area contributed by atoms with Gasteiger partial charge in [-0.2, -0.15) is 5.10 Å². The van der Waals surface area contributed by atoms with Crippen molar-refractivity contribution in [3.8, 4) is 0 Å². The van der Waals surface area contributed by atoms with Crippen LogP contribution in [0.1, 0.15) is 49.0 Å². The molecule has 2 aliphatic carbocycles. The summed E-state index contributed by atoms with van der Waals surface area (Å²) in [5.74, 6) is 0.570. The molecule has 2 fully saturated rings. The van der Waals surface area contributed by atoms with Gasteiger partial charge in [-0.25, -0.2) is 0 Å². The van der Waals surface area contributed by atoms with Crippen molar-refractivity contribution in [1.82, 2.24) is 15.1 Å². The molecule has 2 N–H and O–H groups in total. The molecule has 3 rings (SSSR count). The van der Waals surface area contributed by atoms with Crippen LogP contribution in [0, 0.1) is 5.92 Å². The van der Waals surface area contributed by atoms with Gasteiger partial charge in [-0.15, -0.1) is 0 Å². The molecule has 6 nitrogen and oxygen atoms in total. The monoisotopic (exact) mass is 276 g/mol. The Kier molecular flexibility index (Phi) is 3.46. The van der Waals surface area contributed by atoms with Gasteiger partial charge in [-0.3, -0.25) is 14.3 Å². The Morgan fingerprint density at radius 3 is 2.60 bits per heavy atom. The fraction of sp³-hybridized carbons (Fsp3) is 0.643. The second-order valence-corrected chi connectivity index (χ2v) is 5.76. The number of nitrogens with one attached hydrogen (secondary N) is 2. The third kappa shape index (κ3) is 2.84. The summed E-state index contributed by atoms with van der Waals surface area (Å²) >= 11 is 0. The fourth-order valence-corrected chi connectivity index (χ4v) is 2.60. The van der Waals surface area contributed by atoms with Gasteiger partial charge in [0, 0.05) is 25.1 Å². The van der Waals surface area contributed by atoms with Crippen molar-refractivity contribution in [2.24, 2.45) is 13.0 Å². The second kappa shape index (κ2) is 5.26. The van der Waals surface area contributed by atoms with Crippen LogP contribution in [-0.2, 0) is 11.8 Å². The van der Waals surface area contributed by atoms with Crippen molar-refractivity contribution in [2.75, 3.05) is 5.32 Å². The average Bonchev–Trinajstić information content (AvgIpc) is 2.92. The van der Waals surface area contributed by atoms with Crippen LogP contribution in [-0.4, -0.2) is 27.6 Å². The molecule has 20 heavy (non-hydrogen) atoms. The number of aromatic nitrogens is 2. The highest BCUT2D eigenvalue weighted by atomic mass is 16.2. The van der Waals surface area contributed by atoms with Gasteiger partial charge < -0.3 is 10.6 Å². The summed E-state index contributed by atoms with van der Waals surface area (Å²) in [6.07, 6.45) is 6.25. The summed E-state index contributed by atoms with van der Waals surface area (Å²) in [6, 6.07) is 1.95. The molecule has 0 unspecified atom stereocenters. The molecule has 0 saturated heterocycles. The largest absolute Gasteiger partial charge is 0.348 e. The minimum Gasteiger partial charge on any atom is -0.348 e. The predicted octanol–water partition coefficient (Wildman–Crippen LogP) is 1.44. The molecular weight excluding hydrogens is 256 g/mol. The lowest BCUT2D eigenvalue weighted by Gasteiger charge is -2.09. The summed E-state index contributed by atoms with van der Waals surface area (Å²) in [5, 5.41) is 9.93. The molecule has 6 heteroatoms. The number of anilines is 1. The number of hydrogen-bond donors (Lipinski definition) is 2. The van der Waals surface area contributed by atoms with E-state index in [2.05, 4.69) is 15.7 Å². The Labute approximate surface area is 117 Å². The lowest BCUT2D eigenvalue weighted by molar-refractivity contribution is -0.119. The number of aryl methyl sites for hydroxylation is 1. The molecule has 0 atom stereocenters. The highest BCUT2D eigenvalue weighted by Gasteiger charge is 2.26. The molecule has 0 aromatic carbocycles. The van der Waals surface area contributed by atoms with Crippen molar-refractivity contribution in [3.63, 3.8) is 0 Å². The van der Waals surface area contributed by atoms with Crippen LogP contribution in [0.3, 0.4) is 0 Å². The summed E-state index contributed by atoms with van der Waals surface area (Å²) in [5.41, 5.74) is 0.362. The van der Waals surface area contributed by atoms with Crippen LogP contribution in [0.4, 0.5) is 5.82 Å². The van der Waals surface area contributed by atoms with Gasteiger partial charge in [0.05, 0.1) is 0 Å². The molecule has 2 amide bonds. The highest BCUT2D eigenvalue weighted by Crippen LogP contribution is 2.26. The van der Waals surface area contributed by atoms with Crippen molar-refractivity contribution in [1.29, 1.82) is 0 Å².